The maximum atomic E-state index is 10.7. The number of nitrogens with zero attached hydrogens (tertiary/aromatic N) is 1. The summed E-state index contributed by atoms with van der Waals surface area (Å²) >= 11 is 0. The van der Waals surface area contributed by atoms with E-state index >= 15 is 0 Å². The van der Waals surface area contributed by atoms with Gasteiger partial charge in [-0.05, 0) is 12.5 Å². The molecule has 0 spiro atoms. The van der Waals surface area contributed by atoms with Crippen LogP contribution in [0, 0.1) is 17.0 Å². The standard InChI is InChI=1S/C12H16N2O6/c1-6-2-3-7(14(18)19)4-8(6)13-12-11(17)10(16)9(15)5-20-12/h2-4,9-13,15-17H,5H2,1H3/t9-,10-,11+,12+/m0/s1. The number of nitrogens with one attached hydrogen (secondary N) is 1. The van der Waals surface area contributed by atoms with Crippen molar-refractivity contribution in [3.05, 3.63) is 33.9 Å². The molecule has 110 valence electrons. The average molecular weight is 284 g/mol. The summed E-state index contributed by atoms with van der Waals surface area (Å²) in [5.74, 6) is 0. The number of ether oxygens (including phenoxy) is 1. The molecule has 1 heterocycles. The van der Waals surface area contributed by atoms with E-state index in [1.54, 1.807) is 13.0 Å². The van der Waals surface area contributed by atoms with Gasteiger partial charge in [-0.25, -0.2) is 0 Å². The lowest BCUT2D eigenvalue weighted by Crippen LogP contribution is -2.55. The minimum atomic E-state index is -1.34. The van der Waals surface area contributed by atoms with Crippen molar-refractivity contribution >= 4 is 11.4 Å². The van der Waals surface area contributed by atoms with E-state index in [2.05, 4.69) is 5.32 Å². The van der Waals surface area contributed by atoms with Crippen LogP contribution in [0.5, 0.6) is 0 Å². The smallest absolute Gasteiger partial charge is 0.271 e. The first-order valence-corrected chi connectivity index (χ1v) is 6.07. The fraction of sp³-hybridized carbons (Fsp3) is 0.500. The molecule has 0 saturated carbocycles. The normalized spacial score (nSPS) is 30.0. The predicted octanol–water partition coefficient (Wildman–Crippen LogP) is -0.246. The van der Waals surface area contributed by atoms with Gasteiger partial charge in [0.05, 0.1) is 11.5 Å². The minimum absolute atomic E-state index is 0.0935. The van der Waals surface area contributed by atoms with Crippen LogP contribution in [0.1, 0.15) is 5.56 Å². The summed E-state index contributed by atoms with van der Waals surface area (Å²) in [6.07, 6.45) is -4.78. The Kier molecular flexibility index (Phi) is 4.19. The maximum absolute atomic E-state index is 10.7. The topological polar surface area (TPSA) is 125 Å². The van der Waals surface area contributed by atoms with Gasteiger partial charge in [-0.1, -0.05) is 6.07 Å². The Morgan fingerprint density at radius 1 is 1.35 bits per heavy atom. The molecule has 2 rings (SSSR count). The Labute approximate surface area is 114 Å². The van der Waals surface area contributed by atoms with Gasteiger partial charge in [0.2, 0.25) is 0 Å². The molecule has 4 N–H and O–H groups in total. The second-order valence-electron chi connectivity index (χ2n) is 4.70. The SMILES string of the molecule is Cc1ccc([N+](=O)[O-])cc1N[C@@H]1OC[C@H](O)[C@H](O)[C@H]1O. The lowest BCUT2D eigenvalue weighted by molar-refractivity contribution is -0.384. The molecule has 0 radical (unpaired) electrons. The van der Waals surface area contributed by atoms with Gasteiger partial charge in [0.1, 0.15) is 18.3 Å². The second kappa shape index (κ2) is 5.71. The third kappa shape index (κ3) is 2.88. The molecule has 0 aromatic heterocycles. The predicted molar refractivity (Wildman–Crippen MR) is 69.2 cm³/mol. The van der Waals surface area contributed by atoms with Gasteiger partial charge in [-0.3, -0.25) is 10.1 Å². The van der Waals surface area contributed by atoms with E-state index < -0.39 is 29.5 Å². The fourth-order valence-corrected chi connectivity index (χ4v) is 1.97. The molecule has 0 bridgehead atoms. The van der Waals surface area contributed by atoms with Crippen LogP contribution in [-0.4, -0.2) is 51.4 Å². The lowest BCUT2D eigenvalue weighted by Gasteiger charge is -2.36. The maximum Gasteiger partial charge on any atom is 0.271 e. The van der Waals surface area contributed by atoms with E-state index in [9.17, 15) is 25.4 Å². The number of hydrogen-bond acceptors (Lipinski definition) is 7. The summed E-state index contributed by atoms with van der Waals surface area (Å²) in [5, 5.41) is 42.3. The van der Waals surface area contributed by atoms with Crippen LogP contribution in [-0.2, 0) is 4.74 Å². The Bertz CT molecular complexity index is 509. The van der Waals surface area contributed by atoms with E-state index in [0.717, 1.165) is 5.56 Å². The van der Waals surface area contributed by atoms with Crippen LogP contribution in [0.3, 0.4) is 0 Å². The number of rotatable bonds is 3. The van der Waals surface area contributed by atoms with Gasteiger partial charge >= 0.3 is 0 Å². The number of nitro groups is 1. The number of non-ortho nitro benzene ring substituents is 1. The molecular weight excluding hydrogens is 268 g/mol. The minimum Gasteiger partial charge on any atom is -0.388 e. The summed E-state index contributed by atoms with van der Waals surface area (Å²) in [5.41, 5.74) is 1.06. The highest BCUT2D eigenvalue weighted by Gasteiger charge is 2.37. The quantitative estimate of drug-likeness (QED) is 0.445. The number of hydrogen-bond donors (Lipinski definition) is 4. The van der Waals surface area contributed by atoms with Crippen LogP contribution in [0.4, 0.5) is 11.4 Å². The molecule has 4 atom stereocenters. The molecular formula is C12H16N2O6. The number of nitro benzene ring substituents is 1. The van der Waals surface area contributed by atoms with E-state index in [-0.39, 0.29) is 12.3 Å². The van der Waals surface area contributed by atoms with Crippen LogP contribution < -0.4 is 5.32 Å². The summed E-state index contributed by atoms with van der Waals surface area (Å²) in [6.45, 7) is 1.61. The monoisotopic (exact) mass is 284 g/mol. The van der Waals surface area contributed by atoms with Crippen LogP contribution in [0.25, 0.3) is 0 Å². The molecule has 8 nitrogen and oxygen atoms in total. The van der Waals surface area contributed by atoms with E-state index in [0.29, 0.717) is 5.69 Å². The third-order valence-electron chi connectivity index (χ3n) is 3.23. The number of benzene rings is 1. The Morgan fingerprint density at radius 2 is 2.05 bits per heavy atom. The third-order valence-corrected chi connectivity index (χ3v) is 3.23. The van der Waals surface area contributed by atoms with E-state index in [4.69, 9.17) is 4.74 Å². The zero-order valence-corrected chi connectivity index (χ0v) is 10.8. The lowest BCUT2D eigenvalue weighted by atomic mass is 10.0. The van der Waals surface area contributed by atoms with Crippen molar-refractivity contribution in [2.24, 2.45) is 0 Å². The van der Waals surface area contributed by atoms with Gasteiger partial charge in [0.15, 0.2) is 6.23 Å². The van der Waals surface area contributed by atoms with Crippen molar-refractivity contribution in [3.63, 3.8) is 0 Å². The van der Waals surface area contributed by atoms with Gasteiger partial charge < -0.3 is 25.4 Å². The highest BCUT2D eigenvalue weighted by atomic mass is 16.6. The van der Waals surface area contributed by atoms with Crippen molar-refractivity contribution in [2.45, 2.75) is 31.5 Å². The van der Waals surface area contributed by atoms with Gasteiger partial charge in [0, 0.05) is 17.8 Å². The molecule has 1 fully saturated rings. The van der Waals surface area contributed by atoms with Gasteiger partial charge in [-0.15, -0.1) is 0 Å². The van der Waals surface area contributed by atoms with E-state index in [1.165, 1.54) is 12.1 Å². The molecule has 1 aromatic carbocycles. The van der Waals surface area contributed by atoms with Crippen LogP contribution in [0.2, 0.25) is 0 Å². The first kappa shape index (κ1) is 14.7. The first-order valence-electron chi connectivity index (χ1n) is 6.07. The number of aliphatic hydroxyl groups is 3. The van der Waals surface area contributed by atoms with Crippen molar-refractivity contribution in [1.29, 1.82) is 0 Å². The molecule has 1 saturated heterocycles. The molecule has 1 aromatic rings. The average Bonchev–Trinajstić information content (AvgIpc) is 2.41. The molecule has 0 amide bonds. The van der Waals surface area contributed by atoms with Gasteiger partial charge in [-0.2, -0.15) is 0 Å². The van der Waals surface area contributed by atoms with Crippen molar-refractivity contribution in [1.82, 2.24) is 0 Å². The van der Waals surface area contributed by atoms with Crippen LogP contribution in [0.15, 0.2) is 18.2 Å². The summed E-state index contributed by atoms with van der Waals surface area (Å²) in [6, 6.07) is 4.26. The molecule has 20 heavy (non-hydrogen) atoms. The molecule has 8 heteroatoms. The second-order valence-corrected chi connectivity index (χ2v) is 4.70. The summed E-state index contributed by atoms with van der Waals surface area (Å²) in [4.78, 5) is 10.2. The highest BCUT2D eigenvalue weighted by molar-refractivity contribution is 5.57. The molecule has 0 unspecified atom stereocenters. The van der Waals surface area contributed by atoms with Crippen molar-refractivity contribution < 1.29 is 25.0 Å². The first-order chi connectivity index (χ1) is 9.40. The molecule has 0 aliphatic carbocycles. The number of anilines is 1. The largest absolute Gasteiger partial charge is 0.388 e. The van der Waals surface area contributed by atoms with Crippen LogP contribution >= 0.6 is 0 Å². The zero-order valence-electron chi connectivity index (χ0n) is 10.8. The summed E-state index contributed by atoms with van der Waals surface area (Å²) < 4.78 is 5.19. The number of aryl methyl sites for hydroxylation is 1. The van der Waals surface area contributed by atoms with E-state index in [1.807, 2.05) is 0 Å². The van der Waals surface area contributed by atoms with Crippen molar-refractivity contribution in [3.8, 4) is 0 Å². The Hall–Kier alpha value is -1.74. The highest BCUT2D eigenvalue weighted by Crippen LogP contribution is 2.25. The summed E-state index contributed by atoms with van der Waals surface area (Å²) in [7, 11) is 0. The molecule has 1 aliphatic heterocycles. The Morgan fingerprint density at radius 3 is 2.70 bits per heavy atom. The molecule has 1 aliphatic rings. The number of aliphatic hydroxyl groups excluding tert-OH is 3. The zero-order chi connectivity index (χ0) is 14.9. The fourth-order valence-electron chi connectivity index (χ4n) is 1.97. The van der Waals surface area contributed by atoms with Gasteiger partial charge in [0.25, 0.3) is 5.69 Å². The van der Waals surface area contributed by atoms with Crippen molar-refractivity contribution in [2.75, 3.05) is 11.9 Å². The Balaban J connectivity index is 2.17.